The van der Waals surface area contributed by atoms with Crippen molar-refractivity contribution in [1.29, 1.82) is 0 Å². The number of fused-ring (bicyclic) bond motifs is 1. The highest BCUT2D eigenvalue weighted by atomic mass is 32.2. The molecule has 1 aromatic heterocycles. The summed E-state index contributed by atoms with van der Waals surface area (Å²) in [6.07, 6.45) is 1.86. The number of hydrogen-bond donors (Lipinski definition) is 1. The van der Waals surface area contributed by atoms with Crippen LogP contribution in [0.1, 0.15) is 57.2 Å². The summed E-state index contributed by atoms with van der Waals surface area (Å²) in [4.78, 5) is 27.3. The van der Waals surface area contributed by atoms with Crippen molar-refractivity contribution in [3.63, 3.8) is 0 Å². The number of anilines is 1. The Morgan fingerprint density at radius 3 is 2.41 bits per heavy atom. The summed E-state index contributed by atoms with van der Waals surface area (Å²) in [6, 6.07) is 8.55. The van der Waals surface area contributed by atoms with Gasteiger partial charge in [-0.05, 0) is 83.6 Å². The van der Waals surface area contributed by atoms with Crippen molar-refractivity contribution < 1.29 is 26.5 Å². The minimum Gasteiger partial charge on any atom is -0.444 e. The van der Waals surface area contributed by atoms with E-state index in [9.17, 15) is 18.0 Å². The van der Waals surface area contributed by atoms with Gasteiger partial charge in [0.2, 0.25) is 0 Å². The Morgan fingerprint density at radius 1 is 1.10 bits per heavy atom. The molecule has 41 heavy (non-hydrogen) atoms. The highest BCUT2D eigenvalue weighted by Crippen LogP contribution is 2.42. The lowest BCUT2D eigenvalue weighted by Gasteiger charge is -2.25. The van der Waals surface area contributed by atoms with E-state index in [0.717, 1.165) is 30.9 Å². The highest BCUT2D eigenvalue weighted by Gasteiger charge is 2.33. The second-order valence-corrected chi connectivity index (χ2v) is 13.6. The molecule has 1 aliphatic heterocycles. The van der Waals surface area contributed by atoms with E-state index in [2.05, 4.69) is 5.32 Å². The molecule has 2 fully saturated rings. The lowest BCUT2D eigenvalue weighted by Crippen LogP contribution is -2.36. The van der Waals surface area contributed by atoms with E-state index in [-0.39, 0.29) is 28.0 Å². The monoisotopic (exact) mass is 585 g/mol. The van der Waals surface area contributed by atoms with E-state index >= 15 is 4.39 Å². The number of hydrogen-bond acceptors (Lipinski definition) is 7. The predicted octanol–water partition coefficient (Wildman–Crippen LogP) is 5.21. The molecule has 0 spiro atoms. The van der Waals surface area contributed by atoms with E-state index in [1.54, 1.807) is 44.4 Å². The first kappa shape index (κ1) is 28.9. The number of carbonyl (C=O) groups excluding carboxylic acids is 1. The number of benzene rings is 2. The zero-order valence-corrected chi connectivity index (χ0v) is 24.8. The normalized spacial score (nSPS) is 17.6. The largest absolute Gasteiger partial charge is 0.444 e. The second kappa shape index (κ2) is 10.7. The Morgan fingerprint density at radius 2 is 1.78 bits per heavy atom. The molecule has 2 heterocycles. The lowest BCUT2D eigenvalue weighted by molar-refractivity contribution is 0.0520. The van der Waals surface area contributed by atoms with Crippen LogP contribution in [-0.2, 0) is 14.9 Å². The molecule has 3 aromatic rings. The van der Waals surface area contributed by atoms with Crippen molar-refractivity contribution in [2.75, 3.05) is 24.5 Å². The Kier molecular flexibility index (Phi) is 7.52. The van der Waals surface area contributed by atoms with Gasteiger partial charge in [0.1, 0.15) is 16.3 Å². The maximum Gasteiger partial charge on any atom is 0.407 e. The minimum absolute atomic E-state index is 0.0332. The average Bonchev–Trinajstić information content (AvgIpc) is 3.60. The lowest BCUT2D eigenvalue weighted by atomic mass is 10.1. The minimum atomic E-state index is -4.27. The van der Waals surface area contributed by atoms with Crippen molar-refractivity contribution in [2.45, 2.75) is 70.4 Å². The molecule has 1 N–H and O–H groups in total. The fourth-order valence-corrected chi connectivity index (χ4v) is 6.33. The molecule has 11 heteroatoms. The van der Waals surface area contributed by atoms with Crippen LogP contribution < -0.4 is 20.0 Å². The number of aromatic nitrogens is 1. The van der Waals surface area contributed by atoms with Crippen LogP contribution in [-0.4, -0.2) is 44.3 Å². The van der Waals surface area contributed by atoms with Gasteiger partial charge in [-0.2, -0.15) is 8.42 Å². The zero-order chi connectivity index (χ0) is 29.7. The topological polar surface area (TPSA) is 107 Å². The third-order valence-corrected chi connectivity index (χ3v) is 8.67. The third-order valence-electron chi connectivity index (χ3n) is 7.42. The molecule has 0 bridgehead atoms. The van der Waals surface area contributed by atoms with Crippen molar-refractivity contribution in [2.24, 2.45) is 5.92 Å². The summed E-state index contributed by atoms with van der Waals surface area (Å²) >= 11 is 0. The van der Waals surface area contributed by atoms with Gasteiger partial charge in [-0.15, -0.1) is 0 Å². The molecule has 2 aromatic carbocycles. The fourth-order valence-electron chi connectivity index (χ4n) is 5.39. The van der Waals surface area contributed by atoms with Crippen LogP contribution in [0.4, 0.5) is 14.9 Å². The van der Waals surface area contributed by atoms with Gasteiger partial charge in [0.15, 0.2) is 5.75 Å². The van der Waals surface area contributed by atoms with Crippen LogP contribution in [0.3, 0.4) is 0 Å². The van der Waals surface area contributed by atoms with Gasteiger partial charge >= 0.3 is 16.2 Å². The number of amides is 1. The van der Waals surface area contributed by atoms with Gasteiger partial charge in [0, 0.05) is 37.1 Å². The third kappa shape index (κ3) is 6.19. The SMILES string of the molecule is Cc1ccc(S(=O)(=O)Oc2cc(=O)n(C3CC3)c3c(C)c(N4CCC(CNC(=O)OC(C)(C)C)C4)c(F)cc23)cc1. The van der Waals surface area contributed by atoms with Crippen molar-refractivity contribution in [3.8, 4) is 5.75 Å². The Hall–Kier alpha value is -3.60. The molecular weight excluding hydrogens is 549 g/mol. The van der Waals surface area contributed by atoms with Crippen LogP contribution in [0.25, 0.3) is 10.9 Å². The highest BCUT2D eigenvalue weighted by molar-refractivity contribution is 7.87. The molecule has 1 amide bonds. The van der Waals surface area contributed by atoms with Crippen LogP contribution in [0.2, 0.25) is 0 Å². The maximum atomic E-state index is 15.9. The molecule has 1 unspecified atom stereocenters. The number of ether oxygens (including phenoxy) is 1. The van der Waals surface area contributed by atoms with E-state index in [1.165, 1.54) is 18.2 Å². The summed E-state index contributed by atoms with van der Waals surface area (Å²) in [5.74, 6) is -0.650. The summed E-state index contributed by atoms with van der Waals surface area (Å²) < 4.78 is 54.5. The number of aryl methyl sites for hydroxylation is 2. The van der Waals surface area contributed by atoms with E-state index in [0.29, 0.717) is 36.4 Å². The number of halogens is 1. The van der Waals surface area contributed by atoms with E-state index in [4.69, 9.17) is 8.92 Å². The Bertz CT molecular complexity index is 1660. The molecule has 220 valence electrons. The fraction of sp³-hybridized carbons (Fsp3) is 0.467. The molecule has 2 aliphatic rings. The number of pyridine rings is 1. The first-order valence-corrected chi connectivity index (χ1v) is 15.3. The van der Waals surface area contributed by atoms with Gasteiger partial charge in [-0.1, -0.05) is 17.7 Å². The maximum absolute atomic E-state index is 15.9. The Balaban J connectivity index is 1.48. The molecular formula is C30H36FN3O6S. The van der Waals surface area contributed by atoms with Crippen molar-refractivity contribution >= 4 is 32.8 Å². The number of carbonyl (C=O) groups is 1. The van der Waals surface area contributed by atoms with Crippen molar-refractivity contribution in [1.82, 2.24) is 9.88 Å². The predicted molar refractivity (Wildman–Crippen MR) is 155 cm³/mol. The first-order valence-electron chi connectivity index (χ1n) is 13.8. The standard InChI is InChI=1S/C30H36FN3O6S/c1-18-6-10-22(11-7-18)41(37,38)40-25-15-26(35)34(21-8-9-21)27-19(2)28(24(31)14-23(25)27)33-13-12-20(17-33)16-32-29(36)39-30(3,4)5/h6-7,10-11,14-15,20-21H,8-9,12-13,16-17H2,1-5H3,(H,32,36). The first-order chi connectivity index (χ1) is 19.2. The zero-order valence-electron chi connectivity index (χ0n) is 24.0. The summed E-state index contributed by atoms with van der Waals surface area (Å²) in [6.45, 7) is 10.4. The molecule has 1 atom stereocenters. The van der Waals surface area contributed by atoms with Crippen molar-refractivity contribution in [3.05, 3.63) is 63.7 Å². The van der Waals surface area contributed by atoms with Crippen LogP contribution in [0, 0.1) is 25.6 Å². The van der Waals surface area contributed by atoms with Gasteiger partial charge in [0.05, 0.1) is 11.2 Å². The van der Waals surface area contributed by atoms with Gasteiger partial charge in [-0.25, -0.2) is 9.18 Å². The summed E-state index contributed by atoms with van der Waals surface area (Å²) in [5, 5.41) is 3.03. The average molecular weight is 586 g/mol. The quantitative estimate of drug-likeness (QED) is 0.380. The molecule has 0 radical (unpaired) electrons. The molecule has 1 saturated heterocycles. The number of alkyl carbamates (subject to hydrolysis) is 1. The number of nitrogens with zero attached hydrogens (tertiary/aromatic N) is 2. The number of nitrogens with one attached hydrogen (secondary N) is 1. The molecule has 9 nitrogen and oxygen atoms in total. The van der Waals surface area contributed by atoms with Crippen LogP contribution in [0.5, 0.6) is 5.75 Å². The molecule has 1 saturated carbocycles. The van der Waals surface area contributed by atoms with E-state index < -0.39 is 33.2 Å². The molecule has 5 rings (SSSR count). The molecule has 1 aliphatic carbocycles. The second-order valence-electron chi connectivity index (χ2n) is 12.0. The van der Waals surface area contributed by atoms with E-state index in [1.807, 2.05) is 11.8 Å². The smallest absolute Gasteiger partial charge is 0.407 e. The summed E-state index contributed by atoms with van der Waals surface area (Å²) in [5.41, 5.74) is 1.27. The van der Waals surface area contributed by atoms with Gasteiger partial charge < -0.3 is 23.7 Å². The van der Waals surface area contributed by atoms with Gasteiger partial charge in [-0.3, -0.25) is 4.79 Å². The van der Waals surface area contributed by atoms with Crippen LogP contribution in [0.15, 0.2) is 46.1 Å². The van der Waals surface area contributed by atoms with Crippen LogP contribution >= 0.6 is 0 Å². The number of rotatable bonds is 7. The Labute approximate surface area is 239 Å². The van der Waals surface area contributed by atoms with Gasteiger partial charge in [0.25, 0.3) is 5.56 Å². The summed E-state index contributed by atoms with van der Waals surface area (Å²) in [7, 11) is -4.27.